The lowest BCUT2D eigenvalue weighted by atomic mass is 10.5. The standard InChI is InChI=1S/C7H8O3S/c8-7(9)6-11-5-3-1-2-4-10-11/h1-4H,5-6H2. The van der Waals surface area contributed by atoms with Crippen LogP contribution in [-0.4, -0.2) is 17.5 Å². The molecule has 1 unspecified atom stereocenters. The maximum atomic E-state index is 10.1. The lowest BCUT2D eigenvalue weighted by Crippen LogP contribution is -2.31. The second-order valence-electron chi connectivity index (χ2n) is 1.98. The molecule has 1 heterocycles. The van der Waals surface area contributed by atoms with E-state index in [0.717, 1.165) is 0 Å². The average molecular weight is 172 g/mol. The Morgan fingerprint density at radius 1 is 1.64 bits per heavy atom. The summed E-state index contributed by atoms with van der Waals surface area (Å²) in [5, 5.41) is 10.1. The second-order valence-corrected chi connectivity index (χ2v) is 3.67. The monoisotopic (exact) mass is 172 g/mol. The van der Waals surface area contributed by atoms with Crippen LogP contribution in [0.1, 0.15) is 0 Å². The highest BCUT2D eigenvalue weighted by Gasteiger charge is 2.18. The Hall–Kier alpha value is -0.900. The number of carbonyl (C=O) groups is 1. The van der Waals surface area contributed by atoms with Gasteiger partial charge in [0.2, 0.25) is 11.2 Å². The Bertz CT molecular complexity index is 184. The van der Waals surface area contributed by atoms with E-state index in [1.165, 1.54) is 6.26 Å². The van der Waals surface area contributed by atoms with Crippen LogP contribution in [0.3, 0.4) is 0 Å². The molecule has 0 aliphatic carbocycles. The lowest BCUT2D eigenvalue weighted by molar-refractivity contribution is -0.301. The zero-order valence-corrected chi connectivity index (χ0v) is 6.67. The zero-order valence-electron chi connectivity index (χ0n) is 5.86. The van der Waals surface area contributed by atoms with E-state index >= 15 is 0 Å². The molecule has 3 nitrogen and oxygen atoms in total. The third kappa shape index (κ3) is 3.13. The summed E-state index contributed by atoms with van der Waals surface area (Å²) in [5.74, 6) is -0.424. The first-order valence-corrected chi connectivity index (χ1v) is 4.64. The van der Waals surface area contributed by atoms with Gasteiger partial charge in [0, 0.05) is 0 Å². The first-order chi connectivity index (χ1) is 5.29. The molecule has 60 valence electrons. The van der Waals surface area contributed by atoms with Crippen LogP contribution in [-0.2, 0) is 20.2 Å². The number of hydrogen-bond acceptors (Lipinski definition) is 3. The van der Waals surface area contributed by atoms with Crippen molar-refractivity contribution in [1.29, 1.82) is 0 Å². The van der Waals surface area contributed by atoms with E-state index in [2.05, 4.69) is 0 Å². The van der Waals surface area contributed by atoms with E-state index in [4.69, 9.17) is 4.18 Å². The van der Waals surface area contributed by atoms with Gasteiger partial charge in [0.15, 0.2) is 17.8 Å². The van der Waals surface area contributed by atoms with Crippen molar-refractivity contribution < 1.29 is 14.1 Å². The third-order valence-electron chi connectivity index (χ3n) is 1.08. The van der Waals surface area contributed by atoms with Gasteiger partial charge in [-0.25, -0.2) is 0 Å². The van der Waals surface area contributed by atoms with Crippen molar-refractivity contribution in [3.8, 4) is 0 Å². The number of carbonyl (C=O) groups excluding carboxylic acids is 1. The first-order valence-electron chi connectivity index (χ1n) is 3.15. The average Bonchev–Trinajstić information content (AvgIpc) is 2.14. The van der Waals surface area contributed by atoms with Gasteiger partial charge in [0.25, 0.3) is 0 Å². The van der Waals surface area contributed by atoms with Crippen LogP contribution >= 0.6 is 0 Å². The molecule has 0 aromatic heterocycles. The van der Waals surface area contributed by atoms with Crippen molar-refractivity contribution in [2.45, 2.75) is 0 Å². The van der Waals surface area contributed by atoms with Crippen molar-refractivity contribution in [1.82, 2.24) is 0 Å². The first kappa shape index (κ1) is 8.20. The number of rotatable bonds is 2. The van der Waals surface area contributed by atoms with E-state index in [1.54, 1.807) is 6.08 Å². The predicted octanol–water partition coefficient (Wildman–Crippen LogP) is -0.630. The van der Waals surface area contributed by atoms with Crippen LogP contribution in [0.15, 0.2) is 24.5 Å². The topological polar surface area (TPSA) is 49.4 Å². The minimum absolute atomic E-state index is 0.0192. The Balaban J connectivity index is 2.40. The maximum absolute atomic E-state index is 10.1. The Morgan fingerprint density at radius 2 is 2.45 bits per heavy atom. The second kappa shape index (κ2) is 4.08. The molecule has 0 saturated heterocycles. The van der Waals surface area contributed by atoms with Crippen molar-refractivity contribution in [2.75, 3.05) is 11.5 Å². The highest BCUT2D eigenvalue weighted by molar-refractivity contribution is 7.93. The van der Waals surface area contributed by atoms with E-state index in [0.29, 0.717) is 5.75 Å². The van der Waals surface area contributed by atoms with E-state index in [-0.39, 0.29) is 5.75 Å². The lowest BCUT2D eigenvalue weighted by Gasteiger charge is -2.01. The fourth-order valence-corrected chi connectivity index (χ4v) is 1.74. The number of carboxylic acids is 1. The molecule has 1 aliphatic heterocycles. The zero-order chi connectivity index (χ0) is 8.10. The number of carboxylic acid groups (broad SMARTS) is 1. The predicted molar refractivity (Wildman–Crippen MR) is 41.5 cm³/mol. The van der Waals surface area contributed by atoms with Crippen LogP contribution in [0, 0.1) is 0 Å². The molecule has 0 bridgehead atoms. The molecule has 1 aliphatic rings. The number of aliphatic carboxylic acids is 1. The van der Waals surface area contributed by atoms with Crippen molar-refractivity contribution in [3.63, 3.8) is 0 Å². The molecule has 0 radical (unpaired) electrons. The minimum Gasteiger partial charge on any atom is -0.545 e. The summed E-state index contributed by atoms with van der Waals surface area (Å²) in [7, 11) is 0. The number of allylic oxidation sites excluding steroid dienone is 2. The Labute approximate surface area is 67.9 Å². The highest BCUT2D eigenvalue weighted by atomic mass is 32.2. The molecule has 0 N–H and O–H groups in total. The summed E-state index contributed by atoms with van der Waals surface area (Å²) in [4.78, 5) is 10.1. The fraction of sp³-hybridized carbons (Fsp3) is 0.286. The summed E-state index contributed by atoms with van der Waals surface area (Å²) in [6.07, 6.45) is 6.97. The molecule has 0 aromatic rings. The van der Waals surface area contributed by atoms with Crippen molar-refractivity contribution in [3.05, 3.63) is 24.5 Å². The summed E-state index contributed by atoms with van der Waals surface area (Å²) < 4.78 is 5.08. The number of hydrogen-bond donors (Lipinski definition) is 0. The SMILES string of the molecule is O=C([O-])C[S+]1CC=CC=CO1. The quantitative estimate of drug-likeness (QED) is 0.521. The van der Waals surface area contributed by atoms with Gasteiger partial charge in [-0.05, 0) is 12.2 Å². The molecule has 0 fully saturated rings. The normalized spacial score (nSPS) is 22.4. The van der Waals surface area contributed by atoms with Gasteiger partial charge in [0.1, 0.15) is 0 Å². The van der Waals surface area contributed by atoms with Gasteiger partial charge < -0.3 is 9.90 Å². The van der Waals surface area contributed by atoms with Gasteiger partial charge >= 0.3 is 0 Å². The van der Waals surface area contributed by atoms with Crippen LogP contribution in [0.25, 0.3) is 0 Å². The van der Waals surface area contributed by atoms with Gasteiger partial charge in [-0.3, -0.25) is 4.18 Å². The Morgan fingerprint density at radius 3 is 3.18 bits per heavy atom. The van der Waals surface area contributed by atoms with Gasteiger partial charge in [-0.15, -0.1) is 0 Å². The van der Waals surface area contributed by atoms with E-state index in [9.17, 15) is 9.90 Å². The Kier molecular flexibility index (Phi) is 3.04. The van der Waals surface area contributed by atoms with E-state index < -0.39 is 17.1 Å². The van der Waals surface area contributed by atoms with Gasteiger partial charge in [0.05, 0.1) is 5.97 Å². The van der Waals surface area contributed by atoms with Gasteiger partial charge in [-0.2, -0.15) is 0 Å². The molecule has 11 heavy (non-hydrogen) atoms. The summed E-state index contributed by atoms with van der Waals surface area (Å²) >= 11 is -0.528. The molecule has 0 saturated carbocycles. The highest BCUT2D eigenvalue weighted by Crippen LogP contribution is 2.04. The fourth-order valence-electron chi connectivity index (χ4n) is 0.661. The largest absolute Gasteiger partial charge is 0.545 e. The molecule has 1 rings (SSSR count). The molecule has 4 heteroatoms. The summed E-state index contributed by atoms with van der Waals surface area (Å²) in [6.45, 7) is 0. The molecule has 0 aromatic carbocycles. The van der Waals surface area contributed by atoms with Crippen LogP contribution in [0.5, 0.6) is 0 Å². The van der Waals surface area contributed by atoms with Crippen LogP contribution in [0.2, 0.25) is 0 Å². The maximum Gasteiger partial charge on any atom is 0.206 e. The minimum atomic E-state index is -1.06. The van der Waals surface area contributed by atoms with Crippen molar-refractivity contribution >= 4 is 17.1 Å². The molecule has 0 spiro atoms. The van der Waals surface area contributed by atoms with Gasteiger partial charge in [-0.1, -0.05) is 6.08 Å². The van der Waals surface area contributed by atoms with Crippen LogP contribution in [0.4, 0.5) is 0 Å². The summed E-state index contributed by atoms with van der Waals surface area (Å²) in [6, 6.07) is 0. The third-order valence-corrected chi connectivity index (χ3v) is 2.58. The molecular weight excluding hydrogens is 164 g/mol. The smallest absolute Gasteiger partial charge is 0.206 e. The molecule has 1 atom stereocenters. The molecular formula is C7H8O3S. The summed E-state index contributed by atoms with van der Waals surface area (Å²) in [5.41, 5.74) is 0. The molecule has 0 amide bonds. The van der Waals surface area contributed by atoms with Crippen LogP contribution < -0.4 is 5.11 Å². The van der Waals surface area contributed by atoms with Crippen molar-refractivity contribution in [2.24, 2.45) is 0 Å². The van der Waals surface area contributed by atoms with E-state index in [1.807, 2.05) is 12.2 Å².